The Hall–Kier alpha value is -5.35. The molecule has 6 aromatic rings. The van der Waals surface area contributed by atoms with Crippen LogP contribution in [-0.2, 0) is 0 Å². The fourth-order valence-corrected chi connectivity index (χ4v) is 5.86. The van der Waals surface area contributed by atoms with Crippen molar-refractivity contribution in [3.05, 3.63) is 143 Å². The number of para-hydroxylation sites is 1. The molecule has 0 bridgehead atoms. The molecule has 1 aromatic heterocycles. The first-order valence-corrected chi connectivity index (χ1v) is 13.9. The van der Waals surface area contributed by atoms with E-state index in [4.69, 9.17) is 19.7 Å². The Morgan fingerprint density at radius 2 is 1.12 bits per heavy atom. The summed E-state index contributed by atoms with van der Waals surface area (Å²) >= 11 is 0. The molecule has 8 rings (SSSR count). The molecule has 0 N–H and O–H groups in total. The third kappa shape index (κ3) is 4.21. The van der Waals surface area contributed by atoms with E-state index in [1.54, 1.807) is 0 Å². The van der Waals surface area contributed by atoms with Crippen LogP contribution in [0, 0.1) is 0 Å². The molecule has 1 aliphatic carbocycles. The molecule has 2 heterocycles. The van der Waals surface area contributed by atoms with Gasteiger partial charge in [0.05, 0.1) is 0 Å². The van der Waals surface area contributed by atoms with Gasteiger partial charge in [0, 0.05) is 28.2 Å². The first-order chi connectivity index (χ1) is 20.3. The minimum atomic E-state index is -0.00956. The molecule has 194 valence electrons. The van der Waals surface area contributed by atoms with Crippen molar-refractivity contribution in [1.29, 1.82) is 0 Å². The SMILES string of the molecule is C1=c2cccc(-c3nc(-c4ccccc4)nc(-c4cccc(-c5ccccc5)c4)n3)c2=CC2c3ccccc3OC12. The van der Waals surface area contributed by atoms with Crippen molar-refractivity contribution in [1.82, 2.24) is 15.0 Å². The Morgan fingerprint density at radius 1 is 0.488 bits per heavy atom. The average Bonchev–Trinajstić information content (AvgIpc) is 3.41. The maximum Gasteiger partial charge on any atom is 0.164 e. The van der Waals surface area contributed by atoms with Crippen LogP contribution in [0.1, 0.15) is 11.5 Å². The van der Waals surface area contributed by atoms with Crippen LogP contribution in [0.3, 0.4) is 0 Å². The first-order valence-electron chi connectivity index (χ1n) is 13.9. The third-order valence-corrected chi connectivity index (χ3v) is 7.86. The van der Waals surface area contributed by atoms with Crippen LogP contribution in [0.5, 0.6) is 5.75 Å². The molecule has 2 aliphatic rings. The van der Waals surface area contributed by atoms with Gasteiger partial charge in [0.15, 0.2) is 17.5 Å². The molecule has 0 fully saturated rings. The van der Waals surface area contributed by atoms with E-state index in [2.05, 4.69) is 97.1 Å². The lowest BCUT2D eigenvalue weighted by Crippen LogP contribution is -2.36. The molecular weight excluding hydrogens is 502 g/mol. The van der Waals surface area contributed by atoms with Gasteiger partial charge in [-0.3, -0.25) is 0 Å². The zero-order valence-corrected chi connectivity index (χ0v) is 22.2. The van der Waals surface area contributed by atoms with Gasteiger partial charge in [-0.15, -0.1) is 0 Å². The maximum absolute atomic E-state index is 6.29. The smallest absolute Gasteiger partial charge is 0.164 e. The van der Waals surface area contributed by atoms with Crippen molar-refractivity contribution >= 4 is 12.2 Å². The predicted octanol–water partition coefficient (Wildman–Crippen LogP) is 6.66. The second kappa shape index (κ2) is 9.68. The zero-order chi connectivity index (χ0) is 27.2. The van der Waals surface area contributed by atoms with Crippen LogP contribution in [0.4, 0.5) is 0 Å². The van der Waals surface area contributed by atoms with Crippen molar-refractivity contribution in [2.45, 2.75) is 12.0 Å². The standard InChI is InChI=1S/C37H25N3O/c1-3-11-24(12-4-1)26-15-9-17-28(21-26)36-38-35(25-13-5-2-6-14-25)39-37(40-36)30-19-10-16-27-22-34-32(23-31(27)30)29-18-7-8-20-33(29)41-34/h1-23,32,34H. The van der Waals surface area contributed by atoms with Gasteiger partial charge in [0.2, 0.25) is 0 Å². The summed E-state index contributed by atoms with van der Waals surface area (Å²) < 4.78 is 6.29. The molecule has 0 amide bonds. The Kier molecular flexibility index (Phi) is 5.56. The normalized spacial score (nSPS) is 16.4. The van der Waals surface area contributed by atoms with Gasteiger partial charge in [0.25, 0.3) is 0 Å². The Balaban J connectivity index is 1.32. The van der Waals surface area contributed by atoms with Crippen LogP contribution >= 0.6 is 0 Å². The summed E-state index contributed by atoms with van der Waals surface area (Å²) in [4.78, 5) is 15.1. The number of hydrogen-bond acceptors (Lipinski definition) is 4. The molecule has 41 heavy (non-hydrogen) atoms. The molecule has 4 heteroatoms. The van der Waals surface area contributed by atoms with E-state index in [1.165, 1.54) is 5.56 Å². The number of nitrogens with zero attached hydrogens (tertiary/aromatic N) is 3. The van der Waals surface area contributed by atoms with Crippen LogP contribution in [0.15, 0.2) is 127 Å². The minimum absolute atomic E-state index is 0.00956. The third-order valence-electron chi connectivity index (χ3n) is 7.86. The Bertz CT molecular complexity index is 2040. The fraction of sp³-hybridized carbons (Fsp3) is 0.0541. The molecule has 2 atom stereocenters. The number of benzene rings is 5. The highest BCUT2D eigenvalue weighted by atomic mass is 16.5. The average molecular weight is 528 g/mol. The molecule has 0 saturated heterocycles. The van der Waals surface area contributed by atoms with E-state index in [-0.39, 0.29) is 12.0 Å². The van der Waals surface area contributed by atoms with Crippen LogP contribution in [0.2, 0.25) is 0 Å². The van der Waals surface area contributed by atoms with Gasteiger partial charge < -0.3 is 4.74 Å². The van der Waals surface area contributed by atoms with Crippen LogP contribution < -0.4 is 15.2 Å². The fourth-order valence-electron chi connectivity index (χ4n) is 5.86. The van der Waals surface area contributed by atoms with E-state index in [0.717, 1.165) is 44.0 Å². The maximum atomic E-state index is 6.29. The zero-order valence-electron chi connectivity index (χ0n) is 22.2. The molecule has 0 saturated carbocycles. The van der Waals surface area contributed by atoms with Gasteiger partial charge >= 0.3 is 0 Å². The summed E-state index contributed by atoms with van der Waals surface area (Å²) in [5.74, 6) is 3.07. The van der Waals surface area contributed by atoms with E-state index in [9.17, 15) is 0 Å². The van der Waals surface area contributed by atoms with Crippen molar-refractivity contribution in [2.24, 2.45) is 0 Å². The lowest BCUT2D eigenvalue weighted by atomic mass is 9.89. The van der Waals surface area contributed by atoms with E-state index >= 15 is 0 Å². The summed E-state index contributed by atoms with van der Waals surface area (Å²) in [5, 5.41) is 2.26. The van der Waals surface area contributed by atoms with Crippen molar-refractivity contribution < 1.29 is 4.74 Å². The number of fused-ring (bicyclic) bond motifs is 4. The van der Waals surface area contributed by atoms with E-state index in [0.29, 0.717) is 17.5 Å². The summed E-state index contributed by atoms with van der Waals surface area (Å²) in [6.45, 7) is 0. The quantitative estimate of drug-likeness (QED) is 0.257. The monoisotopic (exact) mass is 527 g/mol. The van der Waals surface area contributed by atoms with Crippen molar-refractivity contribution in [2.75, 3.05) is 0 Å². The van der Waals surface area contributed by atoms with E-state index < -0.39 is 0 Å². The molecule has 2 unspecified atom stereocenters. The number of rotatable bonds is 4. The topological polar surface area (TPSA) is 47.9 Å². The van der Waals surface area contributed by atoms with Gasteiger partial charge in [-0.2, -0.15) is 0 Å². The Labute approximate surface area is 238 Å². The molecular formula is C37H25N3O. The predicted molar refractivity (Wildman–Crippen MR) is 163 cm³/mol. The number of hydrogen-bond donors (Lipinski definition) is 0. The first kappa shape index (κ1) is 23.5. The highest BCUT2D eigenvalue weighted by Crippen LogP contribution is 2.40. The largest absolute Gasteiger partial charge is 0.485 e. The molecule has 1 aliphatic heterocycles. The highest BCUT2D eigenvalue weighted by Gasteiger charge is 2.33. The number of aromatic nitrogens is 3. The van der Waals surface area contributed by atoms with Gasteiger partial charge in [0.1, 0.15) is 11.9 Å². The second-order valence-electron chi connectivity index (χ2n) is 10.4. The summed E-state index contributed by atoms with van der Waals surface area (Å²) in [5.41, 5.74) is 6.38. The lowest BCUT2D eigenvalue weighted by molar-refractivity contribution is 0.288. The minimum Gasteiger partial charge on any atom is -0.485 e. The molecule has 4 nitrogen and oxygen atoms in total. The second-order valence-corrected chi connectivity index (χ2v) is 10.4. The van der Waals surface area contributed by atoms with Gasteiger partial charge in [-0.25, -0.2) is 15.0 Å². The Morgan fingerprint density at radius 3 is 1.95 bits per heavy atom. The molecule has 0 radical (unpaired) electrons. The lowest BCUT2D eigenvalue weighted by Gasteiger charge is -2.17. The van der Waals surface area contributed by atoms with Crippen molar-refractivity contribution in [3.8, 4) is 51.0 Å². The van der Waals surface area contributed by atoms with Gasteiger partial charge in [-0.1, -0.05) is 121 Å². The summed E-state index contributed by atoms with van der Waals surface area (Å²) in [7, 11) is 0. The molecule has 5 aromatic carbocycles. The molecule has 0 spiro atoms. The number of ether oxygens (including phenoxy) is 1. The van der Waals surface area contributed by atoms with E-state index in [1.807, 2.05) is 42.5 Å². The van der Waals surface area contributed by atoms with Crippen LogP contribution in [-0.4, -0.2) is 21.1 Å². The van der Waals surface area contributed by atoms with Crippen molar-refractivity contribution in [3.63, 3.8) is 0 Å². The summed E-state index contributed by atoms with van der Waals surface area (Å²) in [6.07, 6.45) is 4.54. The highest BCUT2D eigenvalue weighted by molar-refractivity contribution is 5.73. The van der Waals surface area contributed by atoms with Crippen LogP contribution in [0.25, 0.3) is 57.4 Å². The summed E-state index contributed by atoms with van der Waals surface area (Å²) in [6, 6.07) is 43.5. The van der Waals surface area contributed by atoms with Gasteiger partial charge in [-0.05, 0) is 39.8 Å².